The van der Waals surface area contributed by atoms with Gasteiger partial charge < -0.3 is 4.74 Å². The first kappa shape index (κ1) is 10.3. The van der Waals surface area contributed by atoms with E-state index in [-0.39, 0.29) is 6.61 Å². The summed E-state index contributed by atoms with van der Waals surface area (Å²) in [5.41, 5.74) is 0. The molecule has 0 amide bonds. The van der Waals surface area contributed by atoms with Gasteiger partial charge in [0.05, 0.1) is 13.0 Å². The summed E-state index contributed by atoms with van der Waals surface area (Å²) in [6, 6.07) is -1.32. The predicted molar refractivity (Wildman–Crippen MR) is 32.1 cm³/mol. The minimum absolute atomic E-state index is 0.289. The molecule has 0 aromatic carbocycles. The average Bonchev–Trinajstić information content (AvgIpc) is 1.84. The third-order valence-corrected chi connectivity index (χ3v) is 0.975. The lowest BCUT2D eigenvalue weighted by atomic mass is 10.2. The number of nitrogens with zero attached hydrogens (tertiary/aromatic N) is 1. The summed E-state index contributed by atoms with van der Waals surface area (Å²) < 4.78 is 39.0. The van der Waals surface area contributed by atoms with E-state index in [1.807, 2.05) is 0 Å². The molecule has 3 nitrogen and oxygen atoms in total. The Kier molecular flexibility index (Phi) is 4.02. The van der Waals surface area contributed by atoms with Crippen LogP contribution in [0.15, 0.2) is 5.18 Å². The molecule has 0 unspecified atom stereocenters. The molecule has 0 N–H and O–H groups in total. The van der Waals surface area contributed by atoms with Crippen molar-refractivity contribution in [2.45, 2.75) is 18.6 Å². The van der Waals surface area contributed by atoms with Crippen molar-refractivity contribution in [3.8, 4) is 0 Å². The van der Waals surface area contributed by atoms with E-state index < -0.39 is 18.6 Å². The summed E-state index contributed by atoms with van der Waals surface area (Å²) in [6.07, 6.45) is -5.57. The maximum Gasteiger partial charge on any atom is 0.391 e. The van der Waals surface area contributed by atoms with Crippen LogP contribution in [-0.2, 0) is 4.74 Å². The van der Waals surface area contributed by atoms with Crippen molar-refractivity contribution >= 4 is 0 Å². The van der Waals surface area contributed by atoms with Gasteiger partial charge in [-0.2, -0.15) is 18.1 Å². The van der Waals surface area contributed by atoms with Gasteiger partial charge in [0, 0.05) is 7.11 Å². The van der Waals surface area contributed by atoms with E-state index >= 15 is 0 Å². The maximum atomic E-state index is 11.6. The van der Waals surface area contributed by atoms with Gasteiger partial charge in [-0.25, -0.2) is 0 Å². The smallest absolute Gasteiger partial charge is 0.382 e. The second-order valence-corrected chi connectivity index (χ2v) is 2.03. The number of hydrogen-bond donors (Lipinski definition) is 0. The van der Waals surface area contributed by atoms with Crippen molar-refractivity contribution in [1.29, 1.82) is 0 Å². The number of nitroso groups, excluding NO2 is 1. The molecule has 0 spiro atoms. The summed E-state index contributed by atoms with van der Waals surface area (Å²) in [6.45, 7) is -0.289. The predicted octanol–water partition coefficient (Wildman–Crippen LogP) is 1.72. The van der Waals surface area contributed by atoms with Crippen LogP contribution in [0.2, 0.25) is 0 Å². The normalized spacial score (nSPS) is 14.5. The van der Waals surface area contributed by atoms with Gasteiger partial charge in [0.15, 0.2) is 0 Å². The Hall–Kier alpha value is -0.650. The SMILES string of the molecule is COC[C@@H](CC(F)(F)F)N=O. The molecule has 0 aliphatic rings. The lowest BCUT2D eigenvalue weighted by molar-refractivity contribution is -0.140. The summed E-state index contributed by atoms with van der Waals surface area (Å²) in [5.74, 6) is 0. The molecular weight excluding hydrogens is 163 g/mol. The molecule has 11 heavy (non-hydrogen) atoms. The van der Waals surface area contributed by atoms with Crippen molar-refractivity contribution < 1.29 is 17.9 Å². The Balaban J connectivity index is 3.77. The van der Waals surface area contributed by atoms with E-state index in [9.17, 15) is 18.1 Å². The molecule has 0 aliphatic heterocycles. The summed E-state index contributed by atoms with van der Waals surface area (Å²) in [5, 5.41) is 2.27. The zero-order chi connectivity index (χ0) is 8.91. The van der Waals surface area contributed by atoms with Gasteiger partial charge in [-0.1, -0.05) is 5.18 Å². The van der Waals surface area contributed by atoms with Crippen LogP contribution in [-0.4, -0.2) is 25.9 Å². The zero-order valence-electron chi connectivity index (χ0n) is 5.89. The number of halogens is 3. The molecule has 0 radical (unpaired) electrons. The quantitative estimate of drug-likeness (QED) is 0.604. The first-order valence-electron chi connectivity index (χ1n) is 2.87. The molecule has 0 aliphatic carbocycles. The Labute approximate surface area is 61.5 Å². The van der Waals surface area contributed by atoms with Gasteiger partial charge >= 0.3 is 6.18 Å². The lowest BCUT2D eigenvalue weighted by Crippen LogP contribution is -2.21. The summed E-state index contributed by atoms with van der Waals surface area (Å²) in [7, 11) is 1.22. The topological polar surface area (TPSA) is 38.7 Å². The second kappa shape index (κ2) is 4.27. The third kappa shape index (κ3) is 5.78. The highest BCUT2D eigenvalue weighted by atomic mass is 19.4. The van der Waals surface area contributed by atoms with Gasteiger partial charge in [-0.05, 0) is 0 Å². The molecule has 6 heteroatoms. The minimum atomic E-state index is -4.35. The zero-order valence-corrected chi connectivity index (χ0v) is 5.89. The van der Waals surface area contributed by atoms with Crippen LogP contribution >= 0.6 is 0 Å². The highest BCUT2D eigenvalue weighted by Gasteiger charge is 2.32. The fourth-order valence-electron chi connectivity index (χ4n) is 0.586. The molecule has 0 aromatic rings. The highest BCUT2D eigenvalue weighted by molar-refractivity contribution is 4.68. The number of ether oxygens (including phenoxy) is 1. The van der Waals surface area contributed by atoms with Gasteiger partial charge in [-0.15, -0.1) is 0 Å². The first-order valence-corrected chi connectivity index (χ1v) is 2.87. The monoisotopic (exact) mass is 171 g/mol. The van der Waals surface area contributed by atoms with Crippen LogP contribution in [0, 0.1) is 4.91 Å². The molecular formula is C5H8F3NO2. The van der Waals surface area contributed by atoms with Gasteiger partial charge in [0.2, 0.25) is 0 Å². The number of alkyl halides is 3. The molecule has 0 saturated carbocycles. The molecule has 0 fully saturated rings. The molecule has 0 bridgehead atoms. The van der Waals surface area contributed by atoms with Crippen molar-refractivity contribution in [2.24, 2.45) is 5.18 Å². The largest absolute Gasteiger partial charge is 0.391 e. The van der Waals surface area contributed by atoms with Crippen LogP contribution in [0.5, 0.6) is 0 Å². The van der Waals surface area contributed by atoms with E-state index in [1.165, 1.54) is 7.11 Å². The molecule has 1 atom stereocenters. The molecule has 0 aromatic heterocycles. The highest BCUT2D eigenvalue weighted by Crippen LogP contribution is 2.22. The Morgan fingerprint density at radius 2 is 2.09 bits per heavy atom. The Morgan fingerprint density at radius 3 is 2.36 bits per heavy atom. The van der Waals surface area contributed by atoms with Crippen LogP contribution in [0.3, 0.4) is 0 Å². The minimum Gasteiger partial charge on any atom is -0.382 e. The summed E-state index contributed by atoms with van der Waals surface area (Å²) >= 11 is 0. The van der Waals surface area contributed by atoms with E-state index in [0.29, 0.717) is 0 Å². The third-order valence-electron chi connectivity index (χ3n) is 0.975. The van der Waals surface area contributed by atoms with Crippen molar-refractivity contribution in [2.75, 3.05) is 13.7 Å². The van der Waals surface area contributed by atoms with Crippen LogP contribution in [0.25, 0.3) is 0 Å². The van der Waals surface area contributed by atoms with Gasteiger partial charge in [0.25, 0.3) is 0 Å². The molecule has 0 rings (SSSR count). The van der Waals surface area contributed by atoms with Crippen molar-refractivity contribution in [1.82, 2.24) is 0 Å². The van der Waals surface area contributed by atoms with E-state index in [0.717, 1.165) is 0 Å². The number of methoxy groups -OCH3 is 1. The van der Waals surface area contributed by atoms with Crippen molar-refractivity contribution in [3.63, 3.8) is 0 Å². The van der Waals surface area contributed by atoms with Crippen molar-refractivity contribution in [3.05, 3.63) is 4.91 Å². The van der Waals surface area contributed by atoms with Gasteiger partial charge in [0.1, 0.15) is 6.04 Å². The molecule has 66 valence electrons. The first-order chi connectivity index (χ1) is 4.99. The fraction of sp³-hybridized carbons (Fsp3) is 1.00. The Morgan fingerprint density at radius 1 is 1.55 bits per heavy atom. The standard InChI is InChI=1S/C5H8F3NO2/c1-11-3-4(9-10)2-5(6,7)8/h4H,2-3H2,1H3/t4-/m1/s1. The average molecular weight is 171 g/mol. The van der Waals surface area contributed by atoms with E-state index in [4.69, 9.17) is 0 Å². The summed E-state index contributed by atoms with van der Waals surface area (Å²) in [4.78, 5) is 9.74. The number of hydrogen-bond acceptors (Lipinski definition) is 3. The Bertz CT molecular complexity index is 125. The van der Waals surface area contributed by atoms with Crippen LogP contribution < -0.4 is 0 Å². The molecule has 0 heterocycles. The molecule has 0 saturated heterocycles. The van der Waals surface area contributed by atoms with E-state index in [1.54, 1.807) is 0 Å². The van der Waals surface area contributed by atoms with Gasteiger partial charge in [-0.3, -0.25) is 0 Å². The van der Waals surface area contributed by atoms with E-state index in [2.05, 4.69) is 9.91 Å². The van der Waals surface area contributed by atoms with Crippen LogP contribution in [0.1, 0.15) is 6.42 Å². The number of rotatable bonds is 4. The van der Waals surface area contributed by atoms with Crippen LogP contribution in [0.4, 0.5) is 13.2 Å². The second-order valence-electron chi connectivity index (χ2n) is 2.03. The lowest BCUT2D eigenvalue weighted by Gasteiger charge is -2.09. The maximum absolute atomic E-state index is 11.6. The fourth-order valence-corrected chi connectivity index (χ4v) is 0.586.